The van der Waals surface area contributed by atoms with Crippen molar-refractivity contribution in [3.05, 3.63) is 64.0 Å². The Morgan fingerprint density at radius 3 is 2.56 bits per heavy atom. The van der Waals surface area contributed by atoms with Crippen LogP contribution in [0.4, 0.5) is 18.9 Å². The SMILES string of the molecule is CNC(=O)c1ccc(N2CCC(N3CCC(c4nc5c(C(F)(F)F)cccc5c(=O)[nH]4)C3)CC2)cn1. The van der Waals surface area contributed by atoms with Gasteiger partial charge in [-0.2, -0.15) is 13.2 Å². The van der Waals surface area contributed by atoms with Crippen molar-refractivity contribution in [3.63, 3.8) is 0 Å². The summed E-state index contributed by atoms with van der Waals surface area (Å²) in [6.45, 7) is 3.13. The highest BCUT2D eigenvalue weighted by molar-refractivity contribution is 5.92. The molecule has 0 bridgehead atoms. The van der Waals surface area contributed by atoms with Gasteiger partial charge in [-0.25, -0.2) is 9.97 Å². The number of carbonyl (C=O) groups is 1. The molecule has 1 amide bonds. The second kappa shape index (κ2) is 9.53. The fourth-order valence-corrected chi connectivity index (χ4v) is 5.27. The number of fused-ring (bicyclic) bond motifs is 1. The summed E-state index contributed by atoms with van der Waals surface area (Å²) in [4.78, 5) is 40.1. The Hall–Kier alpha value is -3.47. The average Bonchev–Trinajstić information content (AvgIpc) is 3.38. The summed E-state index contributed by atoms with van der Waals surface area (Å²) in [5.74, 6) is -0.0185. The van der Waals surface area contributed by atoms with E-state index >= 15 is 0 Å². The highest BCUT2D eigenvalue weighted by Crippen LogP contribution is 2.35. The highest BCUT2D eigenvalue weighted by atomic mass is 19.4. The molecule has 3 aromatic rings. The first kappa shape index (κ1) is 24.2. The van der Waals surface area contributed by atoms with E-state index in [2.05, 4.69) is 30.1 Å². The second-order valence-corrected chi connectivity index (χ2v) is 9.33. The average molecular weight is 501 g/mol. The monoisotopic (exact) mass is 500 g/mol. The predicted molar refractivity (Wildman–Crippen MR) is 129 cm³/mol. The minimum absolute atomic E-state index is 0.0476. The number of pyridine rings is 1. The number of piperidine rings is 1. The van der Waals surface area contributed by atoms with Gasteiger partial charge in [0.25, 0.3) is 11.5 Å². The summed E-state index contributed by atoms with van der Waals surface area (Å²) in [7, 11) is 1.57. The van der Waals surface area contributed by atoms with Crippen LogP contribution in [0, 0.1) is 0 Å². The number of halogens is 3. The molecule has 2 aliphatic heterocycles. The predicted octanol–water partition coefficient (Wildman–Crippen LogP) is 3.15. The van der Waals surface area contributed by atoms with Crippen LogP contribution in [0.15, 0.2) is 41.3 Å². The quantitative estimate of drug-likeness (QED) is 0.572. The van der Waals surface area contributed by atoms with Crippen molar-refractivity contribution in [1.29, 1.82) is 0 Å². The van der Waals surface area contributed by atoms with Crippen molar-refractivity contribution in [2.45, 2.75) is 37.4 Å². The summed E-state index contributed by atoms with van der Waals surface area (Å²) < 4.78 is 40.5. The minimum atomic E-state index is -4.58. The molecule has 2 N–H and O–H groups in total. The van der Waals surface area contributed by atoms with Gasteiger partial charge in [0.1, 0.15) is 11.5 Å². The van der Waals surface area contributed by atoms with Crippen LogP contribution in [-0.2, 0) is 6.18 Å². The number of amides is 1. The molecule has 2 aliphatic rings. The first-order valence-electron chi connectivity index (χ1n) is 12.0. The van der Waals surface area contributed by atoms with E-state index in [-0.39, 0.29) is 22.7 Å². The van der Waals surface area contributed by atoms with Crippen molar-refractivity contribution < 1.29 is 18.0 Å². The van der Waals surface area contributed by atoms with Crippen LogP contribution in [0.5, 0.6) is 0 Å². The molecule has 8 nitrogen and oxygen atoms in total. The van der Waals surface area contributed by atoms with Crippen LogP contribution in [0.2, 0.25) is 0 Å². The molecular weight excluding hydrogens is 473 g/mol. The Morgan fingerprint density at radius 1 is 1.11 bits per heavy atom. The number of aromatic amines is 1. The van der Waals surface area contributed by atoms with Gasteiger partial charge in [0, 0.05) is 38.6 Å². The number of nitrogens with zero attached hydrogens (tertiary/aromatic N) is 4. The zero-order chi connectivity index (χ0) is 25.4. The van der Waals surface area contributed by atoms with Crippen LogP contribution in [0.3, 0.4) is 0 Å². The molecule has 2 aromatic heterocycles. The molecule has 1 aromatic carbocycles. The first-order valence-corrected chi connectivity index (χ1v) is 12.0. The standard InChI is InChI=1S/C25H27F3N6O2/c1-29-24(36)20-6-5-17(13-30-20)33-11-8-16(9-12-33)34-10-7-15(14-34)22-31-21-18(23(35)32-22)3-2-4-19(21)25(26,27)28/h2-6,13,15-16H,7-12,14H2,1H3,(H,29,36)(H,31,32,35). The number of benzene rings is 1. The van der Waals surface area contributed by atoms with Gasteiger partial charge in [-0.3, -0.25) is 14.5 Å². The first-order chi connectivity index (χ1) is 17.2. The summed E-state index contributed by atoms with van der Waals surface area (Å²) in [5, 5.41) is 2.51. The number of H-pyrrole nitrogens is 1. The van der Waals surface area contributed by atoms with Crippen molar-refractivity contribution in [3.8, 4) is 0 Å². The molecule has 1 atom stereocenters. The van der Waals surface area contributed by atoms with Gasteiger partial charge in [0.2, 0.25) is 0 Å². The van der Waals surface area contributed by atoms with Crippen molar-refractivity contribution in [2.75, 3.05) is 38.1 Å². The Bertz CT molecular complexity index is 1320. The molecular formula is C25H27F3N6O2. The van der Waals surface area contributed by atoms with Gasteiger partial charge < -0.3 is 15.2 Å². The summed E-state index contributed by atoms with van der Waals surface area (Å²) in [5.41, 5.74) is -0.358. The maximum atomic E-state index is 13.5. The van der Waals surface area contributed by atoms with Gasteiger partial charge in [-0.05, 0) is 50.1 Å². The van der Waals surface area contributed by atoms with Crippen LogP contribution in [0.1, 0.15) is 47.1 Å². The van der Waals surface area contributed by atoms with Crippen LogP contribution in [0.25, 0.3) is 10.9 Å². The van der Waals surface area contributed by atoms with Gasteiger partial charge in [0.05, 0.1) is 28.4 Å². The van der Waals surface area contributed by atoms with Gasteiger partial charge in [0.15, 0.2) is 0 Å². The van der Waals surface area contributed by atoms with E-state index < -0.39 is 17.3 Å². The molecule has 11 heteroatoms. The van der Waals surface area contributed by atoms with E-state index in [1.165, 1.54) is 12.1 Å². The highest BCUT2D eigenvalue weighted by Gasteiger charge is 2.36. The van der Waals surface area contributed by atoms with Crippen LogP contribution in [-0.4, -0.2) is 65.0 Å². The lowest BCUT2D eigenvalue weighted by molar-refractivity contribution is -0.136. The van der Waals surface area contributed by atoms with Gasteiger partial charge in [-0.1, -0.05) is 6.07 Å². The topological polar surface area (TPSA) is 94.2 Å². The van der Waals surface area contributed by atoms with E-state index in [1.54, 1.807) is 19.3 Å². The van der Waals surface area contributed by atoms with E-state index in [9.17, 15) is 22.8 Å². The molecule has 1 unspecified atom stereocenters. The number of anilines is 1. The van der Waals surface area contributed by atoms with E-state index in [1.807, 2.05) is 6.07 Å². The molecule has 2 fully saturated rings. The van der Waals surface area contributed by atoms with Gasteiger partial charge in [-0.15, -0.1) is 0 Å². The fraction of sp³-hybridized carbons (Fsp3) is 0.440. The molecule has 2 saturated heterocycles. The second-order valence-electron chi connectivity index (χ2n) is 9.33. The summed E-state index contributed by atoms with van der Waals surface area (Å²) >= 11 is 0. The van der Waals surface area contributed by atoms with Crippen LogP contribution >= 0.6 is 0 Å². The van der Waals surface area contributed by atoms with E-state index in [0.717, 1.165) is 50.7 Å². The van der Waals surface area contributed by atoms with E-state index in [4.69, 9.17) is 0 Å². The molecule has 4 heterocycles. The Balaban J connectivity index is 1.25. The smallest absolute Gasteiger partial charge is 0.370 e. The maximum Gasteiger partial charge on any atom is 0.418 e. The molecule has 0 spiro atoms. The number of hydrogen-bond donors (Lipinski definition) is 2. The number of rotatable bonds is 4. The number of hydrogen-bond acceptors (Lipinski definition) is 6. The third-order valence-corrected chi connectivity index (χ3v) is 7.22. The van der Waals surface area contributed by atoms with Crippen LogP contribution < -0.4 is 15.8 Å². The summed E-state index contributed by atoms with van der Waals surface area (Å²) in [6.07, 6.45) is -0.263. The Labute approximate surface area is 205 Å². The molecule has 0 radical (unpaired) electrons. The largest absolute Gasteiger partial charge is 0.418 e. The van der Waals surface area contributed by atoms with E-state index in [0.29, 0.717) is 24.1 Å². The number of aromatic nitrogens is 3. The zero-order valence-electron chi connectivity index (χ0n) is 19.8. The van der Waals surface area contributed by atoms with Gasteiger partial charge >= 0.3 is 6.18 Å². The molecule has 5 rings (SSSR count). The van der Waals surface area contributed by atoms with Crippen molar-refractivity contribution >= 4 is 22.5 Å². The zero-order valence-corrected chi connectivity index (χ0v) is 19.8. The third kappa shape index (κ3) is 4.67. The van der Waals surface area contributed by atoms with Crippen molar-refractivity contribution in [1.82, 2.24) is 25.2 Å². The molecule has 36 heavy (non-hydrogen) atoms. The van der Waals surface area contributed by atoms with Crippen molar-refractivity contribution in [2.24, 2.45) is 0 Å². The number of para-hydroxylation sites is 1. The fourth-order valence-electron chi connectivity index (χ4n) is 5.27. The lowest BCUT2D eigenvalue weighted by Crippen LogP contribution is -2.44. The normalized spacial score (nSPS) is 19.7. The Kier molecular flexibility index (Phi) is 6.42. The Morgan fingerprint density at radius 2 is 1.89 bits per heavy atom. The summed E-state index contributed by atoms with van der Waals surface area (Å²) in [6, 6.07) is 7.54. The third-order valence-electron chi connectivity index (χ3n) is 7.22. The number of likely N-dealkylation sites (tertiary alicyclic amines) is 1. The minimum Gasteiger partial charge on any atom is -0.370 e. The number of nitrogens with one attached hydrogen (secondary N) is 2. The molecule has 190 valence electrons. The molecule has 0 saturated carbocycles. The number of carbonyl (C=O) groups excluding carboxylic acids is 1. The lowest BCUT2D eigenvalue weighted by Gasteiger charge is -2.37. The number of alkyl halides is 3. The lowest BCUT2D eigenvalue weighted by atomic mass is 10.0. The molecule has 0 aliphatic carbocycles. The maximum absolute atomic E-state index is 13.5.